The maximum Gasteiger partial charge on any atom is 0.315 e. The number of nitrogens with zero attached hydrogens (tertiary/aromatic N) is 1. The normalized spacial score (nSPS) is 25.5. The number of esters is 1. The summed E-state index contributed by atoms with van der Waals surface area (Å²) in [5.74, 6) is -0.972. The molecule has 3 atom stereocenters. The van der Waals surface area contributed by atoms with Crippen LogP contribution in [0.15, 0.2) is 75.3 Å². The lowest BCUT2D eigenvalue weighted by molar-refractivity contribution is -0.153. The van der Waals surface area contributed by atoms with Crippen LogP contribution < -0.4 is 0 Å². The molecule has 4 nitrogen and oxygen atoms in total. The molecule has 0 spiro atoms. The van der Waals surface area contributed by atoms with E-state index < -0.39 is 5.92 Å². The van der Waals surface area contributed by atoms with E-state index in [-0.39, 0.29) is 29.7 Å². The van der Waals surface area contributed by atoms with Crippen LogP contribution in [0.4, 0.5) is 0 Å². The highest BCUT2D eigenvalue weighted by atomic mass is 79.9. The SMILES string of the molecule is CC1=NC2=C(C(=O)C[C@H](c3ccccc3)C2)[C@H](c2ccc(Br)cc2)C1C(=O)OC1CCCCC1. The Morgan fingerprint density at radius 2 is 1.65 bits per heavy atom. The molecule has 5 heteroatoms. The minimum Gasteiger partial charge on any atom is -0.462 e. The average Bonchev–Trinajstić information content (AvgIpc) is 2.84. The Morgan fingerprint density at radius 3 is 2.35 bits per heavy atom. The van der Waals surface area contributed by atoms with E-state index in [4.69, 9.17) is 9.73 Å². The zero-order valence-electron chi connectivity index (χ0n) is 19.5. The number of carbonyl (C=O) groups excluding carboxylic acids is 2. The van der Waals surface area contributed by atoms with Crippen LogP contribution in [0, 0.1) is 5.92 Å². The monoisotopic (exact) mass is 519 g/mol. The molecule has 5 rings (SSSR count). The van der Waals surface area contributed by atoms with Gasteiger partial charge >= 0.3 is 5.97 Å². The van der Waals surface area contributed by atoms with Crippen LogP contribution in [0.5, 0.6) is 0 Å². The summed E-state index contributed by atoms with van der Waals surface area (Å²) in [6, 6.07) is 18.2. The van der Waals surface area contributed by atoms with Gasteiger partial charge in [-0.15, -0.1) is 0 Å². The predicted octanol–water partition coefficient (Wildman–Crippen LogP) is 6.90. The van der Waals surface area contributed by atoms with E-state index in [9.17, 15) is 9.59 Å². The Bertz CT molecular complexity index is 1130. The Kier molecular flexibility index (Phi) is 6.82. The summed E-state index contributed by atoms with van der Waals surface area (Å²) in [5.41, 5.74) is 4.40. The maximum atomic E-state index is 13.6. The molecule has 1 heterocycles. The lowest BCUT2D eigenvalue weighted by Gasteiger charge is -2.37. The van der Waals surface area contributed by atoms with Crippen LogP contribution in [-0.2, 0) is 14.3 Å². The van der Waals surface area contributed by atoms with Gasteiger partial charge in [-0.25, -0.2) is 0 Å². The number of aliphatic imine (C=N–C) groups is 1. The summed E-state index contributed by atoms with van der Waals surface area (Å²) in [5, 5.41) is 0. The molecule has 0 amide bonds. The average molecular weight is 520 g/mol. The minimum atomic E-state index is -0.570. The number of Topliss-reactive ketones (excluding diaryl/α,β-unsaturated/α-hetero) is 1. The molecule has 1 aliphatic heterocycles. The van der Waals surface area contributed by atoms with E-state index in [0.29, 0.717) is 18.4 Å². The number of rotatable bonds is 4. The number of allylic oxidation sites excluding steroid dienone is 2. The fourth-order valence-electron chi connectivity index (χ4n) is 5.78. The third-order valence-electron chi connectivity index (χ3n) is 7.48. The number of halogens is 1. The highest BCUT2D eigenvalue weighted by Crippen LogP contribution is 2.47. The van der Waals surface area contributed by atoms with Crippen molar-refractivity contribution in [2.24, 2.45) is 10.9 Å². The third-order valence-corrected chi connectivity index (χ3v) is 8.01. The molecule has 0 bridgehead atoms. The van der Waals surface area contributed by atoms with Gasteiger partial charge < -0.3 is 4.74 Å². The van der Waals surface area contributed by atoms with Crippen molar-refractivity contribution in [1.29, 1.82) is 0 Å². The highest BCUT2D eigenvalue weighted by Gasteiger charge is 2.45. The van der Waals surface area contributed by atoms with Gasteiger partial charge in [-0.3, -0.25) is 14.6 Å². The smallest absolute Gasteiger partial charge is 0.315 e. The van der Waals surface area contributed by atoms with Gasteiger partial charge in [-0.2, -0.15) is 0 Å². The van der Waals surface area contributed by atoms with Gasteiger partial charge in [-0.1, -0.05) is 64.8 Å². The minimum absolute atomic E-state index is 0.0282. The molecular formula is C29H30BrNO3. The number of ether oxygens (including phenoxy) is 1. The first kappa shape index (κ1) is 23.2. The largest absolute Gasteiger partial charge is 0.462 e. The summed E-state index contributed by atoms with van der Waals surface area (Å²) >= 11 is 3.51. The summed E-state index contributed by atoms with van der Waals surface area (Å²) in [7, 11) is 0. The van der Waals surface area contributed by atoms with E-state index in [0.717, 1.165) is 52.7 Å². The second kappa shape index (κ2) is 9.99. The molecule has 1 unspecified atom stereocenters. The summed E-state index contributed by atoms with van der Waals surface area (Å²) in [4.78, 5) is 32.1. The van der Waals surface area contributed by atoms with Gasteiger partial charge in [0.1, 0.15) is 12.0 Å². The molecule has 0 aromatic heterocycles. The molecule has 3 aliphatic rings. The van der Waals surface area contributed by atoms with E-state index in [1.165, 1.54) is 6.42 Å². The van der Waals surface area contributed by atoms with Gasteiger partial charge in [-0.05, 0) is 68.2 Å². The molecule has 176 valence electrons. The molecule has 1 saturated carbocycles. The molecular weight excluding hydrogens is 490 g/mol. The lowest BCUT2D eigenvalue weighted by Crippen LogP contribution is -2.39. The second-order valence-corrected chi connectivity index (χ2v) is 10.7. The molecule has 0 saturated heterocycles. The number of benzene rings is 2. The Hall–Kier alpha value is -2.53. The quantitative estimate of drug-likeness (QED) is 0.412. The Morgan fingerprint density at radius 1 is 0.941 bits per heavy atom. The topological polar surface area (TPSA) is 55.7 Å². The van der Waals surface area contributed by atoms with E-state index >= 15 is 0 Å². The van der Waals surface area contributed by atoms with Crippen LogP contribution in [0.3, 0.4) is 0 Å². The lowest BCUT2D eigenvalue weighted by atomic mass is 9.69. The van der Waals surface area contributed by atoms with Gasteiger partial charge in [0.25, 0.3) is 0 Å². The zero-order valence-corrected chi connectivity index (χ0v) is 21.1. The van der Waals surface area contributed by atoms with Crippen molar-refractivity contribution in [2.75, 3.05) is 0 Å². The van der Waals surface area contributed by atoms with Crippen molar-refractivity contribution in [3.05, 3.63) is 81.5 Å². The van der Waals surface area contributed by atoms with Crippen molar-refractivity contribution >= 4 is 33.4 Å². The first-order chi connectivity index (χ1) is 16.5. The van der Waals surface area contributed by atoms with Crippen molar-refractivity contribution < 1.29 is 14.3 Å². The van der Waals surface area contributed by atoms with Crippen LogP contribution in [0.1, 0.15) is 74.8 Å². The number of ketones is 1. The summed E-state index contributed by atoms with van der Waals surface area (Å²) in [6.45, 7) is 1.92. The van der Waals surface area contributed by atoms with Gasteiger partial charge in [0.05, 0.1) is 0 Å². The zero-order chi connectivity index (χ0) is 23.7. The van der Waals surface area contributed by atoms with Gasteiger partial charge in [0, 0.05) is 33.8 Å². The van der Waals surface area contributed by atoms with Crippen LogP contribution in [0.25, 0.3) is 0 Å². The van der Waals surface area contributed by atoms with Crippen molar-refractivity contribution in [3.8, 4) is 0 Å². The maximum absolute atomic E-state index is 13.6. The molecule has 2 aliphatic carbocycles. The van der Waals surface area contributed by atoms with E-state index in [2.05, 4.69) is 28.1 Å². The van der Waals surface area contributed by atoms with Crippen molar-refractivity contribution in [2.45, 2.75) is 69.8 Å². The van der Waals surface area contributed by atoms with Gasteiger partial charge in [0.2, 0.25) is 0 Å². The second-order valence-electron chi connectivity index (χ2n) is 9.76. The summed E-state index contributed by atoms with van der Waals surface area (Å²) in [6.07, 6.45) is 6.36. The molecule has 2 aromatic carbocycles. The predicted molar refractivity (Wildman–Crippen MR) is 137 cm³/mol. The summed E-state index contributed by atoms with van der Waals surface area (Å²) < 4.78 is 6.98. The van der Waals surface area contributed by atoms with Crippen LogP contribution in [-0.4, -0.2) is 23.6 Å². The highest BCUT2D eigenvalue weighted by molar-refractivity contribution is 9.10. The molecule has 2 aromatic rings. The standard InChI is InChI=1S/C29H30BrNO3/c1-18-26(29(33)34-23-10-6-3-7-11-23)27(20-12-14-22(30)15-13-20)28-24(31-18)16-21(17-25(28)32)19-8-4-2-5-9-19/h2,4-5,8-9,12-15,21,23,26-27H,3,6-7,10-11,16-17H2,1H3/t21-,26?,27-/m1/s1. The fraction of sp³-hybridized carbons (Fsp3) is 0.414. The van der Waals surface area contributed by atoms with E-state index in [1.54, 1.807) is 0 Å². The van der Waals surface area contributed by atoms with E-state index in [1.807, 2.05) is 49.4 Å². The van der Waals surface area contributed by atoms with Crippen molar-refractivity contribution in [3.63, 3.8) is 0 Å². The Balaban J connectivity index is 1.52. The Labute approximate surface area is 209 Å². The fourth-order valence-corrected chi connectivity index (χ4v) is 6.04. The number of hydrogen-bond donors (Lipinski definition) is 0. The molecule has 1 fully saturated rings. The first-order valence-electron chi connectivity index (χ1n) is 12.3. The van der Waals surface area contributed by atoms with Crippen LogP contribution >= 0.6 is 15.9 Å². The molecule has 0 radical (unpaired) electrons. The van der Waals surface area contributed by atoms with Crippen molar-refractivity contribution in [1.82, 2.24) is 0 Å². The third kappa shape index (κ3) is 4.68. The molecule has 0 N–H and O–H groups in total. The number of carbonyl (C=O) groups is 2. The number of hydrogen-bond acceptors (Lipinski definition) is 4. The molecule has 34 heavy (non-hydrogen) atoms. The first-order valence-corrected chi connectivity index (χ1v) is 13.1. The van der Waals surface area contributed by atoms with Gasteiger partial charge in [0.15, 0.2) is 5.78 Å². The van der Waals surface area contributed by atoms with Crippen LogP contribution in [0.2, 0.25) is 0 Å².